The third kappa shape index (κ3) is 5.97. The van der Waals surface area contributed by atoms with E-state index in [4.69, 9.17) is 0 Å². The van der Waals surface area contributed by atoms with Crippen LogP contribution in [0.15, 0.2) is 21.8 Å². The molecule has 0 bridgehead atoms. The monoisotopic (exact) mass is 322 g/mol. The van der Waals surface area contributed by atoms with Gasteiger partial charge in [0.05, 0.1) is 6.54 Å². The topological polar surface area (TPSA) is 39.7 Å². The predicted octanol–water partition coefficient (Wildman–Crippen LogP) is 2.78. The summed E-state index contributed by atoms with van der Waals surface area (Å²) in [5.74, 6) is 2.57. The molecule has 1 aliphatic rings. The van der Waals surface area contributed by atoms with Gasteiger partial charge in [0, 0.05) is 32.7 Å². The van der Waals surface area contributed by atoms with Crippen LogP contribution < -0.4 is 10.6 Å². The molecule has 2 atom stereocenters. The van der Waals surface area contributed by atoms with Gasteiger partial charge in [-0.2, -0.15) is 11.3 Å². The molecule has 1 aliphatic heterocycles. The number of guanidine groups is 1. The van der Waals surface area contributed by atoms with Gasteiger partial charge >= 0.3 is 0 Å². The molecule has 0 saturated carbocycles. The quantitative estimate of drug-likeness (QED) is 0.625. The second-order valence-electron chi connectivity index (χ2n) is 6.46. The van der Waals surface area contributed by atoms with Gasteiger partial charge in [-0.3, -0.25) is 0 Å². The summed E-state index contributed by atoms with van der Waals surface area (Å²) < 4.78 is 0. The van der Waals surface area contributed by atoms with Gasteiger partial charge in [0.25, 0.3) is 0 Å². The summed E-state index contributed by atoms with van der Waals surface area (Å²) in [6, 6.07) is 2.13. The molecule has 124 valence electrons. The van der Waals surface area contributed by atoms with Gasteiger partial charge < -0.3 is 15.5 Å². The van der Waals surface area contributed by atoms with Crippen molar-refractivity contribution >= 4 is 17.3 Å². The van der Waals surface area contributed by atoms with E-state index in [2.05, 4.69) is 58.1 Å². The van der Waals surface area contributed by atoms with E-state index in [1.54, 1.807) is 11.3 Å². The lowest BCUT2D eigenvalue weighted by atomic mass is 9.92. The Morgan fingerprint density at radius 2 is 2.09 bits per heavy atom. The number of rotatable bonds is 6. The van der Waals surface area contributed by atoms with Crippen molar-refractivity contribution in [2.75, 3.05) is 32.7 Å². The minimum absolute atomic E-state index is 0.747. The lowest BCUT2D eigenvalue weighted by Gasteiger charge is -2.35. The van der Waals surface area contributed by atoms with E-state index in [9.17, 15) is 0 Å². The average molecular weight is 323 g/mol. The smallest absolute Gasteiger partial charge is 0.191 e. The summed E-state index contributed by atoms with van der Waals surface area (Å²) in [5, 5.41) is 11.0. The highest BCUT2D eigenvalue weighted by Gasteiger charge is 2.21. The lowest BCUT2D eigenvalue weighted by molar-refractivity contribution is 0.143. The van der Waals surface area contributed by atoms with Crippen LogP contribution in [-0.2, 0) is 6.54 Å². The molecule has 0 amide bonds. The first-order chi connectivity index (χ1) is 10.7. The van der Waals surface area contributed by atoms with Crippen LogP contribution in [0, 0.1) is 11.8 Å². The highest BCUT2D eigenvalue weighted by Crippen LogP contribution is 2.20. The van der Waals surface area contributed by atoms with Gasteiger partial charge in [-0.05, 0) is 47.6 Å². The van der Waals surface area contributed by atoms with Crippen molar-refractivity contribution in [1.29, 1.82) is 0 Å². The summed E-state index contributed by atoms with van der Waals surface area (Å²) in [6.07, 6.45) is 1.37. The molecule has 5 heteroatoms. The SMILES string of the molecule is CCNC(=NCc1ccsc1)NCCN1CC(C)CC(C)C1. The summed E-state index contributed by atoms with van der Waals surface area (Å²) >= 11 is 1.72. The Morgan fingerprint density at radius 1 is 1.32 bits per heavy atom. The Balaban J connectivity index is 1.75. The molecule has 2 unspecified atom stereocenters. The molecule has 2 N–H and O–H groups in total. The van der Waals surface area contributed by atoms with Crippen molar-refractivity contribution in [3.8, 4) is 0 Å². The first-order valence-electron chi connectivity index (χ1n) is 8.43. The van der Waals surface area contributed by atoms with E-state index in [0.29, 0.717) is 0 Å². The van der Waals surface area contributed by atoms with Crippen LogP contribution in [0.2, 0.25) is 0 Å². The maximum Gasteiger partial charge on any atom is 0.191 e. The first-order valence-corrected chi connectivity index (χ1v) is 9.37. The number of hydrogen-bond acceptors (Lipinski definition) is 3. The zero-order chi connectivity index (χ0) is 15.8. The molecule has 2 rings (SSSR count). The van der Waals surface area contributed by atoms with Gasteiger partial charge in [0.1, 0.15) is 0 Å². The Bertz CT molecular complexity index is 434. The zero-order valence-corrected chi connectivity index (χ0v) is 15.0. The average Bonchev–Trinajstić information content (AvgIpc) is 2.97. The third-order valence-corrected chi connectivity index (χ3v) is 4.74. The number of hydrogen-bond donors (Lipinski definition) is 2. The van der Waals surface area contributed by atoms with Gasteiger partial charge in [0.15, 0.2) is 5.96 Å². The van der Waals surface area contributed by atoms with E-state index in [1.165, 1.54) is 25.1 Å². The van der Waals surface area contributed by atoms with Crippen LogP contribution in [-0.4, -0.2) is 43.6 Å². The van der Waals surface area contributed by atoms with Crippen molar-refractivity contribution in [2.45, 2.75) is 33.7 Å². The van der Waals surface area contributed by atoms with Crippen LogP contribution in [0.1, 0.15) is 32.8 Å². The minimum Gasteiger partial charge on any atom is -0.357 e. The first kappa shape index (κ1) is 17.3. The van der Waals surface area contributed by atoms with Crippen molar-refractivity contribution in [3.63, 3.8) is 0 Å². The molecule has 0 radical (unpaired) electrons. The van der Waals surface area contributed by atoms with Gasteiger partial charge in [-0.1, -0.05) is 13.8 Å². The molecule has 22 heavy (non-hydrogen) atoms. The Kier molecular flexibility index (Phi) is 7.19. The lowest BCUT2D eigenvalue weighted by Crippen LogP contribution is -2.45. The molecule has 2 heterocycles. The number of aliphatic imine (C=N–C) groups is 1. The van der Waals surface area contributed by atoms with E-state index >= 15 is 0 Å². The highest BCUT2D eigenvalue weighted by molar-refractivity contribution is 7.07. The fourth-order valence-corrected chi connectivity index (χ4v) is 3.86. The third-order valence-electron chi connectivity index (χ3n) is 4.01. The molecule has 0 aromatic carbocycles. The van der Waals surface area contributed by atoms with Crippen LogP contribution in [0.25, 0.3) is 0 Å². The van der Waals surface area contributed by atoms with E-state index in [1.807, 2.05) is 0 Å². The number of likely N-dealkylation sites (tertiary alicyclic amines) is 1. The van der Waals surface area contributed by atoms with Gasteiger partial charge in [-0.15, -0.1) is 0 Å². The molecular weight excluding hydrogens is 292 g/mol. The molecule has 1 aromatic rings. The maximum absolute atomic E-state index is 4.65. The minimum atomic E-state index is 0.747. The second kappa shape index (κ2) is 9.16. The van der Waals surface area contributed by atoms with E-state index in [0.717, 1.165) is 44.0 Å². The summed E-state index contributed by atoms with van der Waals surface area (Å²) in [6.45, 7) is 13.0. The standard InChI is InChI=1S/C17H30N4S/c1-4-18-17(20-10-16-5-8-22-13-16)19-6-7-21-11-14(2)9-15(3)12-21/h5,8,13-15H,4,6-7,9-12H2,1-3H3,(H2,18,19,20). The van der Waals surface area contributed by atoms with E-state index < -0.39 is 0 Å². The summed E-state index contributed by atoms with van der Waals surface area (Å²) in [5.41, 5.74) is 1.28. The van der Waals surface area contributed by atoms with Crippen LogP contribution in [0.3, 0.4) is 0 Å². The van der Waals surface area contributed by atoms with E-state index in [-0.39, 0.29) is 0 Å². The fraction of sp³-hybridized carbons (Fsp3) is 0.706. The number of thiophene rings is 1. The van der Waals surface area contributed by atoms with Crippen molar-refractivity contribution in [3.05, 3.63) is 22.4 Å². The normalized spacial score (nSPS) is 23.5. The van der Waals surface area contributed by atoms with Crippen LogP contribution in [0.5, 0.6) is 0 Å². The van der Waals surface area contributed by atoms with Crippen molar-refractivity contribution in [2.24, 2.45) is 16.8 Å². The molecule has 1 fully saturated rings. The largest absolute Gasteiger partial charge is 0.357 e. The molecule has 4 nitrogen and oxygen atoms in total. The molecule has 1 aromatic heterocycles. The molecule has 0 aliphatic carbocycles. The number of nitrogens with one attached hydrogen (secondary N) is 2. The Hall–Kier alpha value is -1.07. The molecule has 0 spiro atoms. The zero-order valence-electron chi connectivity index (χ0n) is 14.1. The van der Waals surface area contributed by atoms with Gasteiger partial charge in [0.2, 0.25) is 0 Å². The molecular formula is C17H30N4S. The number of piperidine rings is 1. The maximum atomic E-state index is 4.65. The van der Waals surface area contributed by atoms with Gasteiger partial charge in [-0.25, -0.2) is 4.99 Å². The number of nitrogens with zero attached hydrogens (tertiary/aromatic N) is 2. The Morgan fingerprint density at radius 3 is 2.73 bits per heavy atom. The van der Waals surface area contributed by atoms with Crippen LogP contribution >= 0.6 is 11.3 Å². The van der Waals surface area contributed by atoms with Crippen molar-refractivity contribution < 1.29 is 0 Å². The fourth-order valence-electron chi connectivity index (χ4n) is 3.20. The summed E-state index contributed by atoms with van der Waals surface area (Å²) in [7, 11) is 0. The van der Waals surface area contributed by atoms with Crippen LogP contribution in [0.4, 0.5) is 0 Å². The molecule has 1 saturated heterocycles. The van der Waals surface area contributed by atoms with Crippen molar-refractivity contribution in [1.82, 2.24) is 15.5 Å². The predicted molar refractivity (Wildman–Crippen MR) is 96.5 cm³/mol. The highest BCUT2D eigenvalue weighted by atomic mass is 32.1. The Labute approximate surface area is 139 Å². The second-order valence-corrected chi connectivity index (χ2v) is 7.24. The summed E-state index contributed by atoms with van der Waals surface area (Å²) in [4.78, 5) is 7.23.